The van der Waals surface area contributed by atoms with Crippen molar-refractivity contribution < 1.29 is 9.59 Å². The van der Waals surface area contributed by atoms with Crippen molar-refractivity contribution in [1.29, 1.82) is 0 Å². The lowest BCUT2D eigenvalue weighted by Crippen LogP contribution is -2.45. The number of nitrogens with zero attached hydrogens (tertiary/aromatic N) is 3. The maximum Gasteiger partial charge on any atom is 0.240 e. The monoisotopic (exact) mass is 326 g/mol. The van der Waals surface area contributed by atoms with Crippen molar-refractivity contribution in [3.63, 3.8) is 0 Å². The van der Waals surface area contributed by atoms with Gasteiger partial charge >= 0.3 is 0 Å². The van der Waals surface area contributed by atoms with E-state index in [4.69, 9.17) is 0 Å². The second kappa shape index (κ2) is 6.47. The highest BCUT2D eigenvalue weighted by Gasteiger charge is 2.28. The Hall–Kier alpha value is -2.63. The summed E-state index contributed by atoms with van der Waals surface area (Å²) in [4.78, 5) is 25.9. The maximum atomic E-state index is 12.3. The van der Waals surface area contributed by atoms with Crippen molar-refractivity contribution in [2.75, 3.05) is 11.4 Å². The number of fused-ring (bicyclic) bond motifs is 1. The minimum absolute atomic E-state index is 0.0237. The normalized spacial score (nSPS) is 14.0. The molecule has 0 atom stereocenters. The van der Waals surface area contributed by atoms with Crippen LogP contribution >= 0.6 is 0 Å². The van der Waals surface area contributed by atoms with Gasteiger partial charge in [-0.2, -0.15) is 5.10 Å². The minimum Gasteiger partial charge on any atom is -0.352 e. The second-order valence-corrected chi connectivity index (χ2v) is 6.38. The van der Waals surface area contributed by atoms with Crippen molar-refractivity contribution in [3.8, 4) is 11.3 Å². The van der Waals surface area contributed by atoms with E-state index >= 15 is 0 Å². The van der Waals surface area contributed by atoms with Crippen LogP contribution in [0.5, 0.6) is 0 Å². The lowest BCUT2D eigenvalue weighted by Gasteiger charge is -2.27. The molecule has 0 saturated carbocycles. The molecule has 0 aliphatic carbocycles. The van der Waals surface area contributed by atoms with Crippen LogP contribution in [0, 0.1) is 6.92 Å². The summed E-state index contributed by atoms with van der Waals surface area (Å²) in [6, 6.07) is 9.95. The molecule has 126 valence electrons. The predicted molar refractivity (Wildman–Crippen MR) is 92.6 cm³/mol. The Morgan fingerprint density at radius 3 is 2.79 bits per heavy atom. The van der Waals surface area contributed by atoms with E-state index in [1.54, 1.807) is 0 Å². The average Bonchev–Trinajstić information content (AvgIpc) is 2.94. The molecule has 2 heterocycles. The first kappa shape index (κ1) is 16.2. The van der Waals surface area contributed by atoms with Crippen LogP contribution in [0.3, 0.4) is 0 Å². The molecular formula is C18H22N4O2. The zero-order chi connectivity index (χ0) is 17.3. The Balaban J connectivity index is 1.91. The van der Waals surface area contributed by atoms with Gasteiger partial charge in [-0.05, 0) is 26.3 Å². The SMILES string of the molecule is Cc1ccccc1-c1cc2n(n1)CCC(=O)N2CC(=O)NC(C)C. The third-order valence-electron chi connectivity index (χ3n) is 4.05. The Morgan fingerprint density at radius 1 is 1.33 bits per heavy atom. The summed E-state index contributed by atoms with van der Waals surface area (Å²) in [5, 5.41) is 7.45. The number of anilines is 1. The van der Waals surface area contributed by atoms with E-state index in [1.165, 1.54) is 4.90 Å². The lowest BCUT2D eigenvalue weighted by atomic mass is 10.1. The van der Waals surface area contributed by atoms with Crippen LogP contribution in [0.15, 0.2) is 30.3 Å². The largest absolute Gasteiger partial charge is 0.352 e. The van der Waals surface area contributed by atoms with Gasteiger partial charge in [0.15, 0.2) is 0 Å². The molecule has 1 aromatic heterocycles. The van der Waals surface area contributed by atoms with E-state index in [-0.39, 0.29) is 24.4 Å². The molecule has 1 aliphatic rings. The molecule has 0 spiro atoms. The first-order valence-corrected chi connectivity index (χ1v) is 8.19. The number of hydrogen-bond acceptors (Lipinski definition) is 3. The summed E-state index contributed by atoms with van der Waals surface area (Å²) in [5.41, 5.74) is 2.99. The predicted octanol–water partition coefficient (Wildman–Crippen LogP) is 2.12. The van der Waals surface area contributed by atoms with Gasteiger partial charge in [0.05, 0.1) is 12.2 Å². The third kappa shape index (κ3) is 3.18. The molecule has 1 N–H and O–H groups in total. The molecule has 6 heteroatoms. The summed E-state index contributed by atoms with van der Waals surface area (Å²) in [5.74, 6) is 0.478. The van der Waals surface area contributed by atoms with Crippen molar-refractivity contribution in [2.24, 2.45) is 0 Å². The summed E-state index contributed by atoms with van der Waals surface area (Å²) >= 11 is 0. The highest BCUT2D eigenvalue weighted by Crippen LogP contribution is 2.29. The number of hydrogen-bond donors (Lipinski definition) is 1. The number of aryl methyl sites for hydroxylation is 2. The molecule has 0 saturated heterocycles. The molecule has 6 nitrogen and oxygen atoms in total. The first-order chi connectivity index (χ1) is 11.5. The van der Waals surface area contributed by atoms with Gasteiger partial charge in [0.2, 0.25) is 11.8 Å². The van der Waals surface area contributed by atoms with Crippen LogP contribution in [-0.2, 0) is 16.1 Å². The van der Waals surface area contributed by atoms with E-state index < -0.39 is 0 Å². The fourth-order valence-electron chi connectivity index (χ4n) is 2.93. The van der Waals surface area contributed by atoms with E-state index in [2.05, 4.69) is 10.4 Å². The maximum absolute atomic E-state index is 12.3. The van der Waals surface area contributed by atoms with Crippen LogP contribution in [0.1, 0.15) is 25.8 Å². The number of rotatable bonds is 4. The van der Waals surface area contributed by atoms with Gasteiger partial charge in [-0.15, -0.1) is 0 Å². The van der Waals surface area contributed by atoms with Gasteiger partial charge in [-0.3, -0.25) is 14.5 Å². The molecule has 3 rings (SSSR count). The highest BCUT2D eigenvalue weighted by atomic mass is 16.2. The standard InChI is InChI=1S/C18H22N4O2/c1-12(2)19-16(23)11-21-17-10-15(14-7-5-4-6-13(14)3)20-22(17)9-8-18(21)24/h4-7,10,12H,8-9,11H2,1-3H3,(H,19,23). The third-order valence-corrected chi connectivity index (χ3v) is 4.05. The van der Waals surface area contributed by atoms with E-state index in [9.17, 15) is 9.59 Å². The summed E-state index contributed by atoms with van der Waals surface area (Å²) < 4.78 is 1.81. The second-order valence-electron chi connectivity index (χ2n) is 6.38. The van der Waals surface area contributed by atoms with Crippen molar-refractivity contribution >= 4 is 17.6 Å². The van der Waals surface area contributed by atoms with Crippen molar-refractivity contribution in [2.45, 2.75) is 39.8 Å². The smallest absolute Gasteiger partial charge is 0.240 e. The fraction of sp³-hybridized carbons (Fsp3) is 0.389. The molecule has 24 heavy (non-hydrogen) atoms. The molecule has 2 amide bonds. The molecule has 0 unspecified atom stereocenters. The van der Waals surface area contributed by atoms with Crippen molar-refractivity contribution in [1.82, 2.24) is 15.1 Å². The van der Waals surface area contributed by atoms with Gasteiger partial charge in [-0.1, -0.05) is 24.3 Å². The number of amides is 2. The van der Waals surface area contributed by atoms with Crippen LogP contribution in [0.25, 0.3) is 11.3 Å². The summed E-state index contributed by atoms with van der Waals surface area (Å²) in [6.45, 7) is 6.40. The first-order valence-electron chi connectivity index (χ1n) is 8.19. The van der Waals surface area contributed by atoms with Crippen molar-refractivity contribution in [3.05, 3.63) is 35.9 Å². The number of aromatic nitrogens is 2. The Kier molecular flexibility index (Phi) is 4.38. The number of carbonyl (C=O) groups excluding carboxylic acids is 2. The average molecular weight is 326 g/mol. The van der Waals surface area contributed by atoms with E-state index in [1.807, 2.05) is 55.8 Å². The number of benzene rings is 1. The lowest BCUT2D eigenvalue weighted by molar-refractivity contribution is -0.124. The van der Waals surface area contributed by atoms with Gasteiger partial charge < -0.3 is 5.32 Å². The molecule has 2 aromatic rings. The molecule has 0 fully saturated rings. The molecule has 0 radical (unpaired) electrons. The molecule has 0 bridgehead atoms. The van der Waals surface area contributed by atoms with E-state index in [0.29, 0.717) is 18.8 Å². The fourth-order valence-corrected chi connectivity index (χ4v) is 2.93. The minimum atomic E-state index is -0.162. The topological polar surface area (TPSA) is 67.2 Å². The quantitative estimate of drug-likeness (QED) is 0.936. The molecule has 1 aliphatic heterocycles. The van der Waals surface area contributed by atoms with E-state index in [0.717, 1.165) is 16.8 Å². The Morgan fingerprint density at radius 2 is 2.08 bits per heavy atom. The van der Waals surface area contributed by atoms with Gasteiger partial charge in [0.1, 0.15) is 12.4 Å². The van der Waals surface area contributed by atoms with Crippen LogP contribution in [0.2, 0.25) is 0 Å². The molecular weight excluding hydrogens is 304 g/mol. The molecule has 1 aromatic carbocycles. The number of carbonyl (C=O) groups is 2. The van der Waals surface area contributed by atoms with Crippen LogP contribution in [0.4, 0.5) is 5.82 Å². The van der Waals surface area contributed by atoms with Gasteiger partial charge in [-0.25, -0.2) is 4.68 Å². The van der Waals surface area contributed by atoms with Gasteiger partial charge in [0.25, 0.3) is 0 Å². The van der Waals surface area contributed by atoms with Crippen LogP contribution < -0.4 is 10.2 Å². The zero-order valence-electron chi connectivity index (χ0n) is 14.2. The Labute approximate surface area is 141 Å². The number of nitrogens with one attached hydrogen (secondary N) is 1. The summed E-state index contributed by atoms with van der Waals surface area (Å²) in [6.07, 6.45) is 0.358. The summed E-state index contributed by atoms with van der Waals surface area (Å²) in [7, 11) is 0. The highest BCUT2D eigenvalue weighted by molar-refractivity contribution is 5.99. The Bertz CT molecular complexity index is 779. The van der Waals surface area contributed by atoms with Crippen LogP contribution in [-0.4, -0.2) is 34.2 Å². The zero-order valence-corrected chi connectivity index (χ0v) is 14.2. The van der Waals surface area contributed by atoms with Gasteiger partial charge in [0, 0.05) is 24.1 Å².